The Hall–Kier alpha value is -6.33. The maximum absolute atomic E-state index is 6.69. The Balaban J connectivity index is 0.991. The number of benzene rings is 6. The van der Waals surface area contributed by atoms with Crippen LogP contribution < -0.4 is 14.5 Å². The van der Waals surface area contributed by atoms with Crippen molar-refractivity contribution in [3.05, 3.63) is 185 Å². The summed E-state index contributed by atoms with van der Waals surface area (Å²) in [6.45, 7) is 6.39. The van der Waals surface area contributed by atoms with Crippen LogP contribution in [0.2, 0.25) is 0 Å². The summed E-state index contributed by atoms with van der Waals surface area (Å²) in [7, 11) is 0. The normalized spacial score (nSPS) is 16.6. The predicted molar refractivity (Wildman–Crippen MR) is 215 cm³/mol. The molecule has 2 aromatic heterocycles. The summed E-state index contributed by atoms with van der Waals surface area (Å²) in [6.07, 6.45) is 0. The lowest BCUT2D eigenvalue weighted by Crippen LogP contribution is -2.30. The van der Waals surface area contributed by atoms with E-state index < -0.39 is 0 Å². The van der Waals surface area contributed by atoms with Gasteiger partial charge in [0.1, 0.15) is 17.3 Å². The number of hydrogen-bond donors (Lipinski definition) is 0. The quantitative estimate of drug-likeness (QED) is 0.174. The van der Waals surface area contributed by atoms with Crippen molar-refractivity contribution in [2.45, 2.75) is 25.7 Å². The molecule has 0 N–H and O–H groups in total. The van der Waals surface area contributed by atoms with E-state index in [1.807, 2.05) is 6.07 Å². The van der Waals surface area contributed by atoms with Gasteiger partial charge in [0.25, 0.3) is 0 Å². The Morgan fingerprint density at radius 3 is 2.02 bits per heavy atom. The number of hydrogen-bond acceptors (Lipinski definition) is 4. The molecule has 6 aromatic carbocycles. The predicted octanol–water partition coefficient (Wildman–Crippen LogP) is 11.5. The number of aromatic nitrogens is 2. The molecular formula is C48H38N4O. The summed E-state index contributed by atoms with van der Waals surface area (Å²) in [4.78, 5) is 10.4. The Bertz CT molecular complexity index is 2700. The van der Waals surface area contributed by atoms with Crippen LogP contribution in [0, 0.1) is 5.92 Å². The molecule has 4 aliphatic rings. The molecule has 8 aromatic rings. The zero-order chi connectivity index (χ0) is 35.2. The van der Waals surface area contributed by atoms with Gasteiger partial charge in [0.05, 0.1) is 40.7 Å². The second-order valence-corrected chi connectivity index (χ2v) is 15.1. The Morgan fingerprint density at radius 2 is 1.25 bits per heavy atom. The van der Waals surface area contributed by atoms with Crippen LogP contribution in [0.5, 0.6) is 11.5 Å². The average molecular weight is 687 g/mol. The molecule has 0 saturated heterocycles. The molecule has 0 amide bonds. The Morgan fingerprint density at radius 1 is 0.585 bits per heavy atom. The van der Waals surface area contributed by atoms with Gasteiger partial charge in [0, 0.05) is 41.1 Å². The summed E-state index contributed by atoms with van der Waals surface area (Å²) in [5.74, 6) is 3.41. The molecule has 0 radical (unpaired) electrons. The fourth-order valence-electron chi connectivity index (χ4n) is 9.32. The third kappa shape index (κ3) is 4.60. The van der Waals surface area contributed by atoms with Crippen LogP contribution in [0.1, 0.15) is 59.2 Å². The summed E-state index contributed by atoms with van der Waals surface area (Å²) < 4.78 is 9.01. The first-order chi connectivity index (χ1) is 26.1. The summed E-state index contributed by atoms with van der Waals surface area (Å²) >= 11 is 0. The van der Waals surface area contributed by atoms with Gasteiger partial charge in [-0.3, -0.25) is 4.57 Å². The van der Waals surface area contributed by atoms with Crippen LogP contribution >= 0.6 is 0 Å². The van der Waals surface area contributed by atoms with E-state index in [-0.39, 0.29) is 11.8 Å². The van der Waals surface area contributed by atoms with Crippen molar-refractivity contribution < 1.29 is 4.74 Å². The van der Waals surface area contributed by atoms with Crippen molar-refractivity contribution in [2.24, 2.45) is 5.92 Å². The number of nitrogens with zero attached hydrogens (tertiary/aromatic N) is 4. The van der Waals surface area contributed by atoms with Crippen molar-refractivity contribution in [1.82, 2.24) is 9.55 Å². The molecule has 5 nitrogen and oxygen atoms in total. The van der Waals surface area contributed by atoms with Crippen LogP contribution in [-0.4, -0.2) is 22.8 Å². The molecule has 1 aliphatic heterocycles. The van der Waals surface area contributed by atoms with Crippen molar-refractivity contribution in [1.29, 1.82) is 0 Å². The molecule has 256 valence electrons. The van der Waals surface area contributed by atoms with Gasteiger partial charge in [-0.15, -0.1) is 0 Å². The van der Waals surface area contributed by atoms with Gasteiger partial charge >= 0.3 is 0 Å². The zero-order valence-corrected chi connectivity index (χ0v) is 29.8. The largest absolute Gasteiger partial charge is 0.457 e. The van der Waals surface area contributed by atoms with Crippen LogP contribution in [-0.2, 0) is 0 Å². The van der Waals surface area contributed by atoms with E-state index in [2.05, 4.69) is 174 Å². The van der Waals surface area contributed by atoms with Crippen LogP contribution in [0.4, 0.5) is 17.1 Å². The van der Waals surface area contributed by atoms with Gasteiger partial charge in [-0.2, -0.15) is 0 Å². The highest BCUT2D eigenvalue weighted by molar-refractivity contribution is 6.09. The first-order valence-corrected chi connectivity index (χ1v) is 18.7. The average Bonchev–Trinajstić information content (AvgIpc) is 3.72. The van der Waals surface area contributed by atoms with E-state index >= 15 is 0 Å². The number of anilines is 3. The summed E-state index contributed by atoms with van der Waals surface area (Å²) in [5, 5.41) is 2.38. The highest BCUT2D eigenvalue weighted by atomic mass is 16.5. The smallest absolute Gasteiger partial charge is 0.137 e. The van der Waals surface area contributed by atoms with Crippen molar-refractivity contribution >= 4 is 38.9 Å². The topological polar surface area (TPSA) is 33.5 Å². The first kappa shape index (κ1) is 30.3. The minimum atomic E-state index is 0.113. The second-order valence-electron chi connectivity index (χ2n) is 15.1. The van der Waals surface area contributed by atoms with E-state index in [0.29, 0.717) is 5.92 Å². The Kier molecular flexibility index (Phi) is 6.63. The van der Waals surface area contributed by atoms with Crippen molar-refractivity contribution in [3.8, 4) is 17.3 Å². The molecular weight excluding hydrogens is 649 g/mol. The second kappa shape index (κ2) is 11.6. The van der Waals surface area contributed by atoms with E-state index in [9.17, 15) is 0 Å². The molecule has 12 rings (SSSR count). The maximum atomic E-state index is 6.69. The monoisotopic (exact) mass is 686 g/mol. The lowest BCUT2D eigenvalue weighted by molar-refractivity contribution is 0.483. The van der Waals surface area contributed by atoms with Crippen molar-refractivity contribution in [2.75, 3.05) is 23.0 Å². The highest BCUT2D eigenvalue weighted by Gasteiger charge is 2.42. The maximum Gasteiger partial charge on any atom is 0.137 e. The number of ether oxygens (including phenoxy) is 1. The van der Waals surface area contributed by atoms with E-state index in [0.717, 1.165) is 52.9 Å². The van der Waals surface area contributed by atoms with Gasteiger partial charge in [0.2, 0.25) is 0 Å². The molecule has 5 heteroatoms. The molecule has 53 heavy (non-hydrogen) atoms. The third-order valence-corrected chi connectivity index (χ3v) is 11.4. The third-order valence-electron chi connectivity index (χ3n) is 11.4. The molecule has 0 spiro atoms. The molecule has 0 unspecified atom stereocenters. The lowest BCUT2D eigenvalue weighted by Gasteiger charge is -2.41. The number of rotatable bonds is 6. The fourth-order valence-corrected chi connectivity index (χ4v) is 9.32. The van der Waals surface area contributed by atoms with Gasteiger partial charge in [-0.1, -0.05) is 105 Å². The minimum absolute atomic E-state index is 0.113. The number of pyridine rings is 1. The zero-order valence-electron chi connectivity index (χ0n) is 29.8. The van der Waals surface area contributed by atoms with Crippen LogP contribution in [0.15, 0.2) is 152 Å². The van der Waals surface area contributed by atoms with E-state index in [1.165, 1.54) is 50.0 Å². The van der Waals surface area contributed by atoms with Crippen molar-refractivity contribution in [3.63, 3.8) is 0 Å². The van der Waals surface area contributed by atoms with Crippen LogP contribution in [0.25, 0.3) is 27.6 Å². The summed E-state index contributed by atoms with van der Waals surface area (Å²) in [6, 6.07) is 54.7. The van der Waals surface area contributed by atoms with E-state index in [4.69, 9.17) is 9.72 Å². The van der Waals surface area contributed by atoms with Gasteiger partial charge in [-0.05, 0) is 82.3 Å². The van der Waals surface area contributed by atoms with Gasteiger partial charge in [0.15, 0.2) is 0 Å². The minimum Gasteiger partial charge on any atom is -0.457 e. The number of fused-ring (bicyclic) bond motifs is 4. The van der Waals surface area contributed by atoms with Crippen LogP contribution in [0.3, 0.4) is 0 Å². The fraction of sp³-hybridized carbons (Fsp3) is 0.146. The molecule has 0 saturated carbocycles. The highest BCUT2D eigenvalue weighted by Crippen LogP contribution is 2.55. The molecule has 3 heterocycles. The standard InChI is InChI=1S/C48H38N4O/c1-30(2)28-50-29-51(43-21-10-9-20-42(43)50)31-12-11-13-32(26-31)53-33-22-23-35-34-14-7-8-19-41(34)52(44(35)27-33)45-25-24-40-46-36-15-3-5-17-38(36)47(48(40)49-45)39-18-6-4-16-37(39)46/h3-27,30,46-47H,28-29H2,1-2H3. The Labute approximate surface area is 309 Å². The molecule has 2 bridgehead atoms. The first-order valence-electron chi connectivity index (χ1n) is 18.7. The SMILES string of the molecule is CC(C)CN1CN(c2cccc(Oc3ccc4c5ccccc5n(-c5ccc6c(n5)C5c7ccccc7C6c6ccccc65)c4c3)c2)c2ccccc21. The lowest BCUT2D eigenvalue weighted by atomic mass is 9.63. The summed E-state index contributed by atoms with van der Waals surface area (Å²) in [5.41, 5.74) is 13.9. The van der Waals surface area contributed by atoms with Gasteiger partial charge in [-0.25, -0.2) is 4.98 Å². The molecule has 0 fully saturated rings. The number of para-hydroxylation sites is 3. The van der Waals surface area contributed by atoms with E-state index in [1.54, 1.807) is 0 Å². The molecule has 0 atom stereocenters. The molecule has 3 aliphatic carbocycles. The van der Waals surface area contributed by atoms with Gasteiger partial charge < -0.3 is 14.5 Å².